The molecule has 4 aromatic rings. The normalized spacial score (nSPS) is 10.7. The van der Waals surface area contributed by atoms with Gasteiger partial charge in [0.1, 0.15) is 12.4 Å². The van der Waals surface area contributed by atoms with Crippen molar-refractivity contribution in [3.05, 3.63) is 96.1 Å². The summed E-state index contributed by atoms with van der Waals surface area (Å²) in [5.74, 6) is 0.528. The van der Waals surface area contributed by atoms with Crippen LogP contribution in [0.2, 0.25) is 0 Å². The lowest BCUT2D eigenvalue weighted by atomic mass is 9.99. The Kier molecular flexibility index (Phi) is 5.42. The minimum atomic E-state index is -0.0354. The van der Waals surface area contributed by atoms with Gasteiger partial charge in [0.15, 0.2) is 5.78 Å². The van der Waals surface area contributed by atoms with Gasteiger partial charge in [0, 0.05) is 31.4 Å². The summed E-state index contributed by atoms with van der Waals surface area (Å²) in [5.41, 5.74) is 4.26. The van der Waals surface area contributed by atoms with Crippen molar-refractivity contribution >= 4 is 5.78 Å². The first-order valence-electron chi connectivity index (χ1n) is 9.27. The van der Waals surface area contributed by atoms with Gasteiger partial charge in [0.2, 0.25) is 0 Å². The molecule has 0 atom stereocenters. The maximum atomic E-state index is 13.1. The van der Waals surface area contributed by atoms with Crippen molar-refractivity contribution in [1.29, 1.82) is 0 Å². The highest BCUT2D eigenvalue weighted by Gasteiger charge is 2.16. The fourth-order valence-electron chi connectivity index (χ4n) is 3.06. The van der Waals surface area contributed by atoms with Crippen LogP contribution in [0.3, 0.4) is 0 Å². The van der Waals surface area contributed by atoms with Gasteiger partial charge in [0.05, 0.1) is 18.0 Å². The average Bonchev–Trinajstić information content (AvgIpc) is 3.20. The molecule has 0 fully saturated rings. The fourth-order valence-corrected chi connectivity index (χ4v) is 3.06. The molecule has 0 aliphatic rings. The monoisotopic (exact) mass is 384 g/mol. The van der Waals surface area contributed by atoms with Crippen molar-refractivity contribution in [2.75, 3.05) is 0 Å². The standard InChI is InChI=1S/C23H20N4O2/c1-27-15-20(14-26-27)19-7-8-23(29-16-17-5-3-2-4-6-17)21(12-19)22(28)11-18-9-10-24-25-13-18/h2-10,12-15H,11,16H2,1H3. The summed E-state index contributed by atoms with van der Waals surface area (Å²) in [6, 6.07) is 17.3. The number of Topliss-reactive ketones (excluding diaryl/α,β-unsaturated/α-hetero) is 1. The van der Waals surface area contributed by atoms with Crippen LogP contribution in [-0.2, 0) is 20.1 Å². The van der Waals surface area contributed by atoms with Gasteiger partial charge in [-0.2, -0.15) is 15.3 Å². The second-order valence-electron chi connectivity index (χ2n) is 6.74. The van der Waals surface area contributed by atoms with Crippen LogP contribution in [0.25, 0.3) is 11.1 Å². The Labute approximate surface area is 168 Å². The van der Waals surface area contributed by atoms with Crippen LogP contribution >= 0.6 is 0 Å². The molecule has 0 spiro atoms. The Morgan fingerprint density at radius 1 is 0.966 bits per heavy atom. The van der Waals surface area contributed by atoms with Gasteiger partial charge in [-0.25, -0.2) is 0 Å². The number of hydrogen-bond donors (Lipinski definition) is 0. The average molecular weight is 384 g/mol. The molecule has 0 N–H and O–H groups in total. The number of rotatable bonds is 7. The number of aryl methyl sites for hydroxylation is 1. The van der Waals surface area contributed by atoms with Crippen LogP contribution in [-0.4, -0.2) is 25.8 Å². The Morgan fingerprint density at radius 3 is 2.55 bits per heavy atom. The Hall–Kier alpha value is -3.80. The van der Waals surface area contributed by atoms with Crippen LogP contribution in [0.5, 0.6) is 5.75 Å². The number of hydrogen-bond acceptors (Lipinski definition) is 5. The Morgan fingerprint density at radius 2 is 1.83 bits per heavy atom. The summed E-state index contributed by atoms with van der Waals surface area (Å²) in [6.07, 6.45) is 7.12. The summed E-state index contributed by atoms with van der Waals surface area (Å²) >= 11 is 0. The minimum absolute atomic E-state index is 0.0354. The molecule has 0 aliphatic heterocycles. The lowest BCUT2D eigenvalue weighted by molar-refractivity contribution is 0.0988. The topological polar surface area (TPSA) is 69.9 Å². The second kappa shape index (κ2) is 8.48. The van der Waals surface area contributed by atoms with Crippen molar-refractivity contribution in [2.24, 2.45) is 7.05 Å². The molecule has 0 aliphatic carbocycles. The highest BCUT2D eigenvalue weighted by atomic mass is 16.5. The number of benzene rings is 2. The van der Waals surface area contributed by atoms with Crippen LogP contribution in [0.15, 0.2) is 79.4 Å². The van der Waals surface area contributed by atoms with E-state index in [4.69, 9.17) is 4.74 Å². The van der Waals surface area contributed by atoms with Crippen LogP contribution in [0.1, 0.15) is 21.5 Å². The molecule has 0 unspecified atom stereocenters. The third kappa shape index (κ3) is 4.55. The van der Waals surface area contributed by atoms with E-state index >= 15 is 0 Å². The third-order valence-corrected chi connectivity index (χ3v) is 4.57. The van der Waals surface area contributed by atoms with E-state index in [1.807, 2.05) is 61.8 Å². The lowest BCUT2D eigenvalue weighted by Gasteiger charge is -2.13. The third-order valence-electron chi connectivity index (χ3n) is 4.57. The van der Waals surface area contributed by atoms with E-state index in [0.29, 0.717) is 17.9 Å². The Balaban J connectivity index is 1.64. The van der Waals surface area contributed by atoms with E-state index in [0.717, 1.165) is 22.3 Å². The predicted octanol–water partition coefficient (Wildman–Crippen LogP) is 3.88. The smallest absolute Gasteiger partial charge is 0.171 e. The molecule has 2 aromatic heterocycles. The van der Waals surface area contributed by atoms with Gasteiger partial charge in [-0.1, -0.05) is 36.4 Å². The van der Waals surface area contributed by atoms with Gasteiger partial charge in [-0.05, 0) is 34.9 Å². The highest BCUT2D eigenvalue weighted by molar-refractivity contribution is 6.01. The summed E-state index contributed by atoms with van der Waals surface area (Å²) in [7, 11) is 1.86. The molecule has 0 amide bonds. The quantitative estimate of drug-likeness (QED) is 0.452. The molecular weight excluding hydrogens is 364 g/mol. The van der Waals surface area contributed by atoms with Gasteiger partial charge in [-0.15, -0.1) is 0 Å². The predicted molar refractivity (Wildman–Crippen MR) is 109 cm³/mol. The van der Waals surface area contributed by atoms with Crippen molar-refractivity contribution in [1.82, 2.24) is 20.0 Å². The van der Waals surface area contributed by atoms with Gasteiger partial charge in [-0.3, -0.25) is 9.48 Å². The molecule has 2 aromatic carbocycles. The summed E-state index contributed by atoms with van der Waals surface area (Å²) in [4.78, 5) is 13.1. The van der Waals surface area contributed by atoms with Gasteiger partial charge in [0.25, 0.3) is 0 Å². The molecule has 0 saturated heterocycles. The SMILES string of the molecule is Cn1cc(-c2ccc(OCc3ccccc3)c(C(=O)Cc3ccnnc3)c2)cn1. The molecular formula is C23H20N4O2. The zero-order valence-corrected chi connectivity index (χ0v) is 16.0. The molecule has 0 bridgehead atoms. The lowest BCUT2D eigenvalue weighted by Crippen LogP contribution is -2.08. The number of carbonyl (C=O) groups is 1. The van der Waals surface area contributed by atoms with Crippen molar-refractivity contribution in [2.45, 2.75) is 13.0 Å². The number of ether oxygens (including phenoxy) is 1. The van der Waals surface area contributed by atoms with Crippen molar-refractivity contribution in [3.63, 3.8) is 0 Å². The van der Waals surface area contributed by atoms with Crippen LogP contribution in [0, 0.1) is 0 Å². The van der Waals surface area contributed by atoms with E-state index in [1.54, 1.807) is 29.3 Å². The molecule has 0 saturated carbocycles. The fraction of sp³-hybridized carbons (Fsp3) is 0.130. The first-order chi connectivity index (χ1) is 14.2. The minimum Gasteiger partial charge on any atom is -0.488 e. The summed E-state index contributed by atoms with van der Waals surface area (Å²) in [6.45, 7) is 0.393. The number of carbonyl (C=O) groups excluding carboxylic acids is 1. The maximum absolute atomic E-state index is 13.1. The number of nitrogens with zero attached hydrogens (tertiary/aromatic N) is 4. The molecule has 29 heavy (non-hydrogen) atoms. The first-order valence-corrected chi connectivity index (χ1v) is 9.27. The summed E-state index contributed by atoms with van der Waals surface area (Å²) < 4.78 is 7.74. The van der Waals surface area contributed by atoms with E-state index in [9.17, 15) is 4.79 Å². The number of aromatic nitrogens is 4. The van der Waals surface area contributed by atoms with E-state index in [1.165, 1.54) is 0 Å². The molecule has 144 valence electrons. The zero-order valence-electron chi connectivity index (χ0n) is 16.0. The molecule has 2 heterocycles. The number of ketones is 1. The van der Waals surface area contributed by atoms with E-state index in [-0.39, 0.29) is 12.2 Å². The van der Waals surface area contributed by atoms with Crippen molar-refractivity contribution < 1.29 is 9.53 Å². The largest absolute Gasteiger partial charge is 0.488 e. The zero-order chi connectivity index (χ0) is 20.1. The second-order valence-corrected chi connectivity index (χ2v) is 6.74. The molecule has 6 nitrogen and oxygen atoms in total. The first kappa shape index (κ1) is 18.6. The van der Waals surface area contributed by atoms with Gasteiger partial charge < -0.3 is 4.74 Å². The molecule has 6 heteroatoms. The van der Waals surface area contributed by atoms with Crippen molar-refractivity contribution in [3.8, 4) is 16.9 Å². The van der Waals surface area contributed by atoms with Crippen LogP contribution < -0.4 is 4.74 Å². The van der Waals surface area contributed by atoms with Crippen LogP contribution in [0.4, 0.5) is 0 Å². The Bertz CT molecular complexity index is 1110. The molecule has 4 rings (SSSR count). The maximum Gasteiger partial charge on any atom is 0.171 e. The molecule has 0 radical (unpaired) electrons. The highest BCUT2D eigenvalue weighted by Crippen LogP contribution is 2.28. The van der Waals surface area contributed by atoms with E-state index in [2.05, 4.69) is 15.3 Å². The van der Waals surface area contributed by atoms with Gasteiger partial charge >= 0.3 is 0 Å². The summed E-state index contributed by atoms with van der Waals surface area (Å²) in [5, 5.41) is 11.8. The van der Waals surface area contributed by atoms with E-state index < -0.39 is 0 Å².